The Hall–Kier alpha value is -0.860. The molecule has 1 aromatic carbocycles. The molecule has 0 aliphatic heterocycles. The van der Waals surface area contributed by atoms with E-state index >= 15 is 0 Å². The van der Waals surface area contributed by atoms with Gasteiger partial charge in [-0.2, -0.15) is 0 Å². The maximum absolute atomic E-state index is 3.87. The summed E-state index contributed by atoms with van der Waals surface area (Å²) in [6.07, 6.45) is 9.81. The van der Waals surface area contributed by atoms with Gasteiger partial charge in [-0.1, -0.05) is 50.3 Å². The topological polar surface area (TPSA) is 12.0 Å². The van der Waals surface area contributed by atoms with Crippen molar-refractivity contribution >= 4 is 21.4 Å². The van der Waals surface area contributed by atoms with Gasteiger partial charge in [0.15, 0.2) is 0 Å². The van der Waals surface area contributed by atoms with Crippen LogP contribution in [-0.4, -0.2) is 6.04 Å². The fraction of sp³-hybridized carbons (Fsp3) is 0.556. The van der Waals surface area contributed by atoms with Crippen LogP contribution in [-0.2, 0) is 0 Å². The van der Waals surface area contributed by atoms with E-state index in [4.69, 9.17) is 0 Å². The molecule has 2 heteroatoms. The molecular weight excluding hydrogens is 262 g/mol. The molecule has 0 saturated heterocycles. The normalized spacial score (nSPS) is 19.6. The van der Waals surface area contributed by atoms with Gasteiger partial charge in [0.25, 0.3) is 0 Å². The molecule has 1 fully saturated rings. The summed E-state index contributed by atoms with van der Waals surface area (Å²) in [5.41, 5.74) is 0. The molecular formula is C18H25NS. The van der Waals surface area contributed by atoms with Gasteiger partial charge in [0.05, 0.1) is 0 Å². The Labute approximate surface area is 126 Å². The Morgan fingerprint density at radius 1 is 1.05 bits per heavy atom. The van der Waals surface area contributed by atoms with Gasteiger partial charge in [-0.3, -0.25) is 0 Å². The van der Waals surface area contributed by atoms with Crippen LogP contribution in [0.15, 0.2) is 30.3 Å². The summed E-state index contributed by atoms with van der Waals surface area (Å²) >= 11 is 1.94. The summed E-state index contributed by atoms with van der Waals surface area (Å²) in [5, 5.41) is 5.26. The van der Waals surface area contributed by atoms with Crippen LogP contribution in [0.4, 0.5) is 0 Å². The summed E-state index contributed by atoms with van der Waals surface area (Å²) < 4.78 is 1.41. The highest BCUT2D eigenvalue weighted by atomic mass is 32.1. The average Bonchev–Trinajstić information content (AvgIpc) is 2.85. The lowest BCUT2D eigenvalue weighted by molar-refractivity contribution is 0.364. The van der Waals surface area contributed by atoms with Crippen molar-refractivity contribution in [2.24, 2.45) is 0 Å². The van der Waals surface area contributed by atoms with Crippen molar-refractivity contribution in [1.82, 2.24) is 5.32 Å². The van der Waals surface area contributed by atoms with Crippen LogP contribution >= 0.6 is 11.3 Å². The first kappa shape index (κ1) is 14.1. The Balaban J connectivity index is 1.66. The van der Waals surface area contributed by atoms with Gasteiger partial charge < -0.3 is 5.32 Å². The van der Waals surface area contributed by atoms with Crippen molar-refractivity contribution in [3.8, 4) is 0 Å². The van der Waals surface area contributed by atoms with Crippen LogP contribution < -0.4 is 5.32 Å². The second-order valence-corrected chi connectivity index (χ2v) is 7.23. The lowest BCUT2D eigenvalue weighted by Crippen LogP contribution is -2.31. The molecule has 1 aromatic heterocycles. The van der Waals surface area contributed by atoms with E-state index in [2.05, 4.69) is 42.6 Å². The second-order valence-electron chi connectivity index (χ2n) is 6.12. The minimum Gasteiger partial charge on any atom is -0.307 e. The van der Waals surface area contributed by atoms with Crippen molar-refractivity contribution < 1.29 is 0 Å². The van der Waals surface area contributed by atoms with E-state index in [1.165, 1.54) is 59.9 Å². The molecule has 1 heterocycles. The smallest absolute Gasteiger partial charge is 0.0388 e. The fourth-order valence-corrected chi connectivity index (χ4v) is 4.35. The molecule has 2 aromatic rings. The Morgan fingerprint density at radius 3 is 2.50 bits per heavy atom. The van der Waals surface area contributed by atoms with E-state index in [-0.39, 0.29) is 0 Å². The van der Waals surface area contributed by atoms with E-state index in [0.717, 1.165) is 6.04 Å². The molecule has 0 radical (unpaired) electrons. The molecule has 1 atom stereocenters. The number of hydrogen-bond acceptors (Lipinski definition) is 2. The minimum absolute atomic E-state index is 0.483. The lowest BCUT2D eigenvalue weighted by atomic mass is 9.96. The predicted octanol–water partition coefficient (Wildman–Crippen LogP) is 5.66. The molecule has 0 spiro atoms. The highest BCUT2D eigenvalue weighted by molar-refractivity contribution is 7.19. The summed E-state index contributed by atoms with van der Waals surface area (Å²) in [6.45, 7) is 2.32. The number of rotatable bonds is 3. The first-order valence-corrected chi connectivity index (χ1v) is 8.89. The zero-order chi connectivity index (χ0) is 13.8. The van der Waals surface area contributed by atoms with Gasteiger partial charge >= 0.3 is 0 Å². The van der Waals surface area contributed by atoms with Crippen molar-refractivity contribution in [2.75, 3.05) is 0 Å². The summed E-state index contributed by atoms with van der Waals surface area (Å²) in [4.78, 5) is 1.48. The van der Waals surface area contributed by atoms with Crippen molar-refractivity contribution in [3.05, 3.63) is 35.2 Å². The number of benzene rings is 1. The minimum atomic E-state index is 0.483. The summed E-state index contributed by atoms with van der Waals surface area (Å²) in [6, 6.07) is 12.3. The largest absolute Gasteiger partial charge is 0.307 e. The van der Waals surface area contributed by atoms with Gasteiger partial charge in [-0.05, 0) is 37.3 Å². The molecule has 108 valence electrons. The summed E-state index contributed by atoms with van der Waals surface area (Å²) in [7, 11) is 0. The highest BCUT2D eigenvalue weighted by Gasteiger charge is 2.16. The summed E-state index contributed by atoms with van der Waals surface area (Å²) in [5.74, 6) is 0. The predicted molar refractivity (Wildman–Crippen MR) is 89.5 cm³/mol. The van der Waals surface area contributed by atoms with Crippen LogP contribution in [0.25, 0.3) is 10.1 Å². The Bertz CT molecular complexity index is 504. The molecule has 3 rings (SSSR count). The molecule has 1 aliphatic rings. The number of nitrogens with one attached hydrogen (secondary N) is 1. The zero-order valence-electron chi connectivity index (χ0n) is 12.4. The molecule has 1 N–H and O–H groups in total. The number of thiophene rings is 1. The molecule has 1 unspecified atom stereocenters. The van der Waals surface area contributed by atoms with Crippen molar-refractivity contribution in [1.29, 1.82) is 0 Å². The van der Waals surface area contributed by atoms with Gasteiger partial charge in [-0.15, -0.1) is 11.3 Å². The van der Waals surface area contributed by atoms with E-state index in [1.807, 2.05) is 11.3 Å². The van der Waals surface area contributed by atoms with Gasteiger partial charge in [0.1, 0.15) is 0 Å². The van der Waals surface area contributed by atoms with Crippen molar-refractivity contribution in [3.63, 3.8) is 0 Å². The second kappa shape index (κ2) is 6.73. The molecule has 0 amide bonds. The lowest BCUT2D eigenvalue weighted by Gasteiger charge is -2.24. The molecule has 20 heavy (non-hydrogen) atoms. The van der Waals surface area contributed by atoms with E-state index in [1.54, 1.807) is 0 Å². The van der Waals surface area contributed by atoms with E-state index in [0.29, 0.717) is 6.04 Å². The third kappa shape index (κ3) is 3.42. The highest BCUT2D eigenvalue weighted by Crippen LogP contribution is 2.30. The monoisotopic (exact) mass is 287 g/mol. The SMILES string of the molecule is CC(NC1CCCCCCC1)c1cc2ccccc2s1. The van der Waals surface area contributed by atoms with Crippen LogP contribution in [0.2, 0.25) is 0 Å². The van der Waals surface area contributed by atoms with Crippen LogP contribution in [0, 0.1) is 0 Å². The zero-order valence-corrected chi connectivity index (χ0v) is 13.2. The van der Waals surface area contributed by atoms with Gasteiger partial charge in [0, 0.05) is 21.7 Å². The fourth-order valence-electron chi connectivity index (χ4n) is 3.27. The maximum Gasteiger partial charge on any atom is 0.0388 e. The van der Waals surface area contributed by atoms with E-state index < -0.39 is 0 Å². The van der Waals surface area contributed by atoms with Gasteiger partial charge in [-0.25, -0.2) is 0 Å². The van der Waals surface area contributed by atoms with Gasteiger partial charge in [0.2, 0.25) is 0 Å². The first-order chi connectivity index (χ1) is 9.83. The molecule has 1 saturated carbocycles. The maximum atomic E-state index is 3.87. The van der Waals surface area contributed by atoms with Crippen molar-refractivity contribution in [2.45, 2.75) is 64.0 Å². The molecule has 1 nitrogen and oxygen atoms in total. The Kier molecular flexibility index (Phi) is 4.74. The molecule has 1 aliphatic carbocycles. The van der Waals surface area contributed by atoms with Crippen LogP contribution in [0.5, 0.6) is 0 Å². The third-order valence-corrected chi connectivity index (χ3v) is 5.76. The quantitative estimate of drug-likeness (QED) is 0.767. The number of hydrogen-bond donors (Lipinski definition) is 1. The van der Waals surface area contributed by atoms with Crippen LogP contribution in [0.3, 0.4) is 0 Å². The first-order valence-electron chi connectivity index (χ1n) is 8.07. The van der Waals surface area contributed by atoms with E-state index in [9.17, 15) is 0 Å². The molecule has 0 bridgehead atoms. The third-order valence-electron chi connectivity index (χ3n) is 4.46. The average molecular weight is 287 g/mol. The van der Waals surface area contributed by atoms with Crippen LogP contribution in [0.1, 0.15) is 62.8 Å². The standard InChI is InChI=1S/C18H25NS/c1-14(19-16-10-5-3-2-4-6-11-16)18-13-15-9-7-8-12-17(15)20-18/h7-9,12-14,16,19H,2-6,10-11H2,1H3. The number of fused-ring (bicyclic) bond motifs is 1. The Morgan fingerprint density at radius 2 is 1.75 bits per heavy atom.